The summed E-state index contributed by atoms with van der Waals surface area (Å²) in [6.45, 7) is 3.75. The summed E-state index contributed by atoms with van der Waals surface area (Å²) in [6, 6.07) is 2.38. The highest BCUT2D eigenvalue weighted by Crippen LogP contribution is 2.31. The van der Waals surface area contributed by atoms with E-state index in [0.29, 0.717) is 23.2 Å². The number of nitrogen functional groups attached to an aromatic ring is 1. The zero-order chi connectivity index (χ0) is 15.7. The van der Waals surface area contributed by atoms with Gasteiger partial charge in [0, 0.05) is 25.2 Å². The summed E-state index contributed by atoms with van der Waals surface area (Å²) in [5.74, 6) is 1.74. The van der Waals surface area contributed by atoms with Crippen molar-refractivity contribution in [2.75, 3.05) is 37.9 Å². The van der Waals surface area contributed by atoms with E-state index in [1.807, 2.05) is 20.0 Å². The van der Waals surface area contributed by atoms with Crippen molar-refractivity contribution in [3.63, 3.8) is 0 Å². The number of methoxy groups -OCH3 is 1. The highest BCUT2D eigenvalue weighted by Gasteiger charge is 2.24. The quantitative estimate of drug-likeness (QED) is 0.758. The molecular formula is C14H21N7O. The summed E-state index contributed by atoms with van der Waals surface area (Å²) in [4.78, 5) is 10.9. The predicted octanol–water partition coefficient (Wildman–Crippen LogP) is 0.564. The fourth-order valence-corrected chi connectivity index (χ4v) is 2.78. The Hall–Kier alpha value is -2.35. The van der Waals surface area contributed by atoms with Crippen molar-refractivity contribution in [3.8, 4) is 17.1 Å². The van der Waals surface area contributed by atoms with Crippen LogP contribution in [0.4, 0.5) is 11.8 Å². The number of nitrogens with two attached hydrogens (primary N) is 1. The molecule has 0 radical (unpaired) electrons. The fourth-order valence-electron chi connectivity index (χ4n) is 2.78. The number of hydrogen-bond acceptors (Lipinski definition) is 7. The third-order valence-electron chi connectivity index (χ3n) is 3.99. The number of aromatic nitrogens is 4. The number of nitrogens with one attached hydrogen (secondary N) is 2. The van der Waals surface area contributed by atoms with Crippen LogP contribution in [0.5, 0.6) is 5.75 Å². The molecule has 0 amide bonds. The van der Waals surface area contributed by atoms with Gasteiger partial charge in [0.1, 0.15) is 11.5 Å². The first kappa shape index (κ1) is 14.6. The molecule has 8 heteroatoms. The number of H-pyrrole nitrogens is 1. The van der Waals surface area contributed by atoms with Crippen molar-refractivity contribution in [2.24, 2.45) is 0 Å². The molecule has 0 aromatic carbocycles. The molecule has 118 valence electrons. The van der Waals surface area contributed by atoms with Crippen molar-refractivity contribution >= 4 is 11.8 Å². The molecule has 0 aliphatic carbocycles. The van der Waals surface area contributed by atoms with Gasteiger partial charge in [0.05, 0.1) is 12.8 Å². The first-order valence-corrected chi connectivity index (χ1v) is 7.28. The molecule has 0 saturated carbocycles. The Morgan fingerprint density at radius 3 is 2.95 bits per heavy atom. The topological polar surface area (TPSA) is 105 Å². The number of aryl methyl sites for hydroxylation is 1. The molecule has 2 aromatic heterocycles. The second kappa shape index (κ2) is 5.80. The van der Waals surface area contributed by atoms with E-state index < -0.39 is 0 Å². The minimum atomic E-state index is 0.239. The Balaban J connectivity index is 1.96. The van der Waals surface area contributed by atoms with E-state index in [1.165, 1.54) is 0 Å². The van der Waals surface area contributed by atoms with Crippen LogP contribution in [-0.2, 0) is 0 Å². The SMILES string of the molecule is CN[C@@H]1CCN(c2cc(-c3n[nH]c(C)c3OC)nc(N)n2)C1. The molecule has 4 N–H and O–H groups in total. The van der Waals surface area contributed by atoms with E-state index >= 15 is 0 Å². The number of likely N-dealkylation sites (N-methyl/N-ethyl adjacent to an activating group) is 1. The summed E-state index contributed by atoms with van der Waals surface area (Å²) < 4.78 is 5.39. The molecule has 8 nitrogen and oxygen atoms in total. The summed E-state index contributed by atoms with van der Waals surface area (Å²) in [6.07, 6.45) is 1.08. The van der Waals surface area contributed by atoms with Crippen molar-refractivity contribution in [3.05, 3.63) is 11.8 Å². The van der Waals surface area contributed by atoms with Gasteiger partial charge in [-0.2, -0.15) is 10.1 Å². The van der Waals surface area contributed by atoms with Gasteiger partial charge in [0.2, 0.25) is 5.95 Å². The predicted molar refractivity (Wildman–Crippen MR) is 85.0 cm³/mol. The third kappa shape index (κ3) is 2.57. The summed E-state index contributed by atoms with van der Waals surface area (Å²) >= 11 is 0. The van der Waals surface area contributed by atoms with Crippen LogP contribution in [0.25, 0.3) is 11.4 Å². The zero-order valence-corrected chi connectivity index (χ0v) is 13.1. The lowest BCUT2D eigenvalue weighted by Gasteiger charge is -2.18. The Morgan fingerprint density at radius 1 is 1.45 bits per heavy atom. The van der Waals surface area contributed by atoms with Crippen LogP contribution >= 0.6 is 0 Å². The molecule has 3 heterocycles. The maximum Gasteiger partial charge on any atom is 0.222 e. The van der Waals surface area contributed by atoms with E-state index in [9.17, 15) is 0 Å². The molecule has 1 aliphatic heterocycles. The smallest absolute Gasteiger partial charge is 0.222 e. The second-order valence-electron chi connectivity index (χ2n) is 5.42. The average Bonchev–Trinajstić information content (AvgIpc) is 3.12. The van der Waals surface area contributed by atoms with Crippen LogP contribution < -0.4 is 20.7 Å². The molecular weight excluding hydrogens is 282 g/mol. The second-order valence-corrected chi connectivity index (χ2v) is 5.42. The Morgan fingerprint density at radius 2 is 2.27 bits per heavy atom. The molecule has 0 unspecified atom stereocenters. The number of anilines is 2. The van der Waals surface area contributed by atoms with Gasteiger partial charge in [0.25, 0.3) is 0 Å². The van der Waals surface area contributed by atoms with Crippen molar-refractivity contribution < 1.29 is 4.74 Å². The largest absolute Gasteiger partial charge is 0.492 e. The number of rotatable bonds is 4. The zero-order valence-electron chi connectivity index (χ0n) is 13.1. The van der Waals surface area contributed by atoms with Gasteiger partial charge in [0.15, 0.2) is 11.4 Å². The van der Waals surface area contributed by atoms with Gasteiger partial charge in [-0.05, 0) is 20.4 Å². The van der Waals surface area contributed by atoms with Gasteiger partial charge in [-0.1, -0.05) is 0 Å². The molecule has 0 spiro atoms. The third-order valence-corrected chi connectivity index (χ3v) is 3.99. The van der Waals surface area contributed by atoms with Gasteiger partial charge in [-0.3, -0.25) is 5.10 Å². The van der Waals surface area contributed by atoms with E-state index in [1.54, 1.807) is 7.11 Å². The van der Waals surface area contributed by atoms with E-state index in [2.05, 4.69) is 30.4 Å². The number of aromatic amines is 1. The van der Waals surface area contributed by atoms with Crippen LogP contribution in [0.2, 0.25) is 0 Å². The first-order chi connectivity index (χ1) is 10.6. The maximum atomic E-state index is 5.89. The van der Waals surface area contributed by atoms with Crippen LogP contribution in [0.15, 0.2) is 6.07 Å². The molecule has 1 aliphatic rings. The Labute approximate surface area is 129 Å². The van der Waals surface area contributed by atoms with E-state index in [4.69, 9.17) is 10.5 Å². The lowest BCUT2D eigenvalue weighted by atomic mass is 10.2. The minimum absolute atomic E-state index is 0.239. The van der Waals surface area contributed by atoms with Gasteiger partial charge < -0.3 is 20.7 Å². The molecule has 1 fully saturated rings. The Kier molecular flexibility index (Phi) is 3.84. The first-order valence-electron chi connectivity index (χ1n) is 7.28. The Bertz CT molecular complexity index is 669. The van der Waals surface area contributed by atoms with Gasteiger partial charge >= 0.3 is 0 Å². The van der Waals surface area contributed by atoms with Crippen LogP contribution in [0.3, 0.4) is 0 Å². The van der Waals surface area contributed by atoms with Crippen molar-refractivity contribution in [1.29, 1.82) is 0 Å². The summed E-state index contributed by atoms with van der Waals surface area (Å²) in [7, 11) is 3.59. The molecule has 22 heavy (non-hydrogen) atoms. The minimum Gasteiger partial charge on any atom is -0.492 e. The van der Waals surface area contributed by atoms with Crippen LogP contribution in [0.1, 0.15) is 12.1 Å². The lowest BCUT2D eigenvalue weighted by molar-refractivity contribution is 0.413. The van der Waals surface area contributed by atoms with Crippen molar-refractivity contribution in [1.82, 2.24) is 25.5 Å². The standard InChI is InChI=1S/C14H21N7O/c1-8-13(22-3)12(20-19-8)10-6-11(18-14(15)17-10)21-5-4-9(7-21)16-2/h6,9,16H,4-5,7H2,1-3H3,(H,19,20)(H2,15,17,18)/t9-/m1/s1. The van der Waals surface area contributed by atoms with Crippen LogP contribution in [-0.4, -0.2) is 53.5 Å². The van der Waals surface area contributed by atoms with E-state index in [-0.39, 0.29) is 5.95 Å². The lowest BCUT2D eigenvalue weighted by Crippen LogP contribution is -2.30. The molecule has 2 aromatic rings. The average molecular weight is 303 g/mol. The highest BCUT2D eigenvalue weighted by atomic mass is 16.5. The monoisotopic (exact) mass is 303 g/mol. The normalized spacial score (nSPS) is 18.0. The molecule has 1 saturated heterocycles. The van der Waals surface area contributed by atoms with Crippen molar-refractivity contribution in [2.45, 2.75) is 19.4 Å². The molecule has 3 rings (SSSR count). The van der Waals surface area contributed by atoms with Gasteiger partial charge in [-0.25, -0.2) is 4.98 Å². The number of hydrogen-bond donors (Lipinski definition) is 3. The van der Waals surface area contributed by atoms with E-state index in [0.717, 1.165) is 31.0 Å². The number of nitrogens with zero attached hydrogens (tertiary/aromatic N) is 4. The highest BCUT2D eigenvalue weighted by molar-refractivity contribution is 5.68. The summed E-state index contributed by atoms with van der Waals surface area (Å²) in [5.41, 5.74) is 8.06. The number of ether oxygens (including phenoxy) is 1. The fraction of sp³-hybridized carbons (Fsp3) is 0.500. The molecule has 1 atom stereocenters. The summed E-state index contributed by atoms with van der Waals surface area (Å²) in [5, 5.41) is 10.5. The maximum absolute atomic E-state index is 5.89. The molecule has 0 bridgehead atoms. The van der Waals surface area contributed by atoms with Crippen LogP contribution in [0, 0.1) is 6.92 Å². The van der Waals surface area contributed by atoms with Gasteiger partial charge in [-0.15, -0.1) is 0 Å².